The predicted octanol–water partition coefficient (Wildman–Crippen LogP) is 3.45. The second-order valence-electron chi connectivity index (χ2n) is 4.52. The van der Waals surface area contributed by atoms with E-state index < -0.39 is 0 Å². The Morgan fingerprint density at radius 1 is 1.19 bits per heavy atom. The number of halogens is 1. The fourth-order valence-electron chi connectivity index (χ4n) is 1.96. The molecule has 0 aliphatic heterocycles. The highest BCUT2D eigenvalue weighted by Crippen LogP contribution is 2.22. The van der Waals surface area contributed by atoms with Crippen molar-refractivity contribution >= 4 is 11.8 Å². The average molecular weight is 287 g/mol. The molecule has 0 bridgehead atoms. The van der Waals surface area contributed by atoms with Crippen LogP contribution in [0.5, 0.6) is 5.75 Å². The summed E-state index contributed by atoms with van der Waals surface area (Å²) in [6.07, 6.45) is 3.87. The van der Waals surface area contributed by atoms with E-state index in [-0.39, 0.29) is 12.4 Å². The lowest BCUT2D eigenvalue weighted by Crippen LogP contribution is -2.00. The summed E-state index contributed by atoms with van der Waals surface area (Å²) in [6.45, 7) is 0.568. The maximum absolute atomic E-state index is 12.8. The van der Waals surface area contributed by atoms with Gasteiger partial charge in [0, 0.05) is 17.8 Å². The largest absolute Gasteiger partial charge is 0.496 e. The molecule has 0 amide bonds. The lowest BCUT2D eigenvalue weighted by Gasteiger charge is -2.09. The van der Waals surface area contributed by atoms with Gasteiger partial charge in [-0.05, 0) is 35.9 Å². The number of rotatable bonds is 6. The lowest BCUT2D eigenvalue weighted by molar-refractivity contribution is 0.274. The maximum atomic E-state index is 12.8. The van der Waals surface area contributed by atoms with E-state index in [0.29, 0.717) is 12.3 Å². The maximum Gasteiger partial charge on any atom is 0.124 e. The second-order valence-corrected chi connectivity index (χ2v) is 4.52. The molecule has 0 fully saturated rings. The van der Waals surface area contributed by atoms with Crippen molar-refractivity contribution in [1.29, 1.82) is 0 Å². The Labute approximate surface area is 123 Å². The smallest absolute Gasteiger partial charge is 0.124 e. The Morgan fingerprint density at radius 2 is 1.95 bits per heavy atom. The number of methoxy groups -OCH3 is 1. The van der Waals surface area contributed by atoms with Crippen LogP contribution in [-0.4, -0.2) is 18.8 Å². The first-order valence-corrected chi connectivity index (χ1v) is 6.66. The van der Waals surface area contributed by atoms with Crippen LogP contribution in [-0.2, 0) is 6.61 Å². The molecule has 0 radical (unpaired) electrons. The molecule has 0 unspecified atom stereocenters. The normalized spacial score (nSPS) is 10.8. The number of hydrogen-bond acceptors (Lipinski definition) is 3. The van der Waals surface area contributed by atoms with Crippen LogP contribution in [0, 0.1) is 5.82 Å². The van der Waals surface area contributed by atoms with Gasteiger partial charge >= 0.3 is 0 Å². The monoisotopic (exact) mass is 287 g/mol. The van der Waals surface area contributed by atoms with Gasteiger partial charge in [0.05, 0.1) is 13.7 Å². The minimum Gasteiger partial charge on any atom is -0.496 e. The predicted molar refractivity (Wildman–Crippen MR) is 82.8 cm³/mol. The van der Waals surface area contributed by atoms with E-state index in [2.05, 4.69) is 5.32 Å². The van der Waals surface area contributed by atoms with E-state index in [1.165, 1.54) is 12.1 Å². The zero-order chi connectivity index (χ0) is 15.1. The van der Waals surface area contributed by atoms with Crippen LogP contribution in [0.25, 0.3) is 6.08 Å². The molecule has 0 saturated carbocycles. The Kier molecular flexibility index (Phi) is 5.35. The molecule has 21 heavy (non-hydrogen) atoms. The van der Waals surface area contributed by atoms with Crippen molar-refractivity contribution in [2.45, 2.75) is 6.61 Å². The van der Waals surface area contributed by atoms with Gasteiger partial charge in [0.15, 0.2) is 0 Å². The number of aliphatic hydroxyl groups is 1. The van der Waals surface area contributed by atoms with E-state index in [4.69, 9.17) is 4.74 Å². The first kappa shape index (κ1) is 15.1. The van der Waals surface area contributed by atoms with Crippen molar-refractivity contribution in [1.82, 2.24) is 0 Å². The van der Waals surface area contributed by atoms with Crippen molar-refractivity contribution in [3.05, 3.63) is 65.5 Å². The fraction of sp³-hybridized carbons (Fsp3) is 0.176. The van der Waals surface area contributed by atoms with Gasteiger partial charge < -0.3 is 15.2 Å². The molecule has 2 N–H and O–H groups in total. The molecule has 2 aromatic rings. The molecule has 0 spiro atoms. The number of ether oxygens (including phenoxy) is 1. The molecule has 2 rings (SSSR count). The molecule has 3 nitrogen and oxygen atoms in total. The van der Waals surface area contributed by atoms with Crippen molar-refractivity contribution in [2.75, 3.05) is 19.0 Å². The zero-order valence-corrected chi connectivity index (χ0v) is 11.8. The summed E-state index contributed by atoms with van der Waals surface area (Å²) in [5.74, 6) is 0.435. The summed E-state index contributed by atoms with van der Waals surface area (Å²) in [6, 6.07) is 11.9. The summed E-state index contributed by atoms with van der Waals surface area (Å²) in [5.41, 5.74) is 2.59. The van der Waals surface area contributed by atoms with Crippen LogP contribution in [0.15, 0.2) is 48.5 Å². The highest BCUT2D eigenvalue weighted by atomic mass is 19.1. The van der Waals surface area contributed by atoms with Crippen LogP contribution in [0.2, 0.25) is 0 Å². The molecule has 0 heterocycles. The Balaban J connectivity index is 1.92. The number of hydrogen-bond donors (Lipinski definition) is 2. The standard InChI is InChI=1S/C17H18FNO2/c1-21-17-9-8-16(11-14(17)12-20)19-10-2-3-13-4-6-15(18)7-5-13/h2-9,11,19-20H,10,12H2,1H3/b3-2+. The molecular weight excluding hydrogens is 269 g/mol. The Morgan fingerprint density at radius 3 is 2.62 bits per heavy atom. The van der Waals surface area contributed by atoms with Crippen LogP contribution in [0.3, 0.4) is 0 Å². The summed E-state index contributed by atoms with van der Waals surface area (Å²) in [4.78, 5) is 0. The summed E-state index contributed by atoms with van der Waals surface area (Å²) in [5, 5.41) is 12.5. The molecule has 0 aliphatic rings. The van der Waals surface area contributed by atoms with E-state index in [1.54, 1.807) is 19.2 Å². The molecule has 0 atom stereocenters. The first-order chi connectivity index (χ1) is 10.2. The topological polar surface area (TPSA) is 41.5 Å². The number of anilines is 1. The highest BCUT2D eigenvalue weighted by molar-refractivity contribution is 5.53. The van der Waals surface area contributed by atoms with Gasteiger partial charge in [-0.3, -0.25) is 0 Å². The van der Waals surface area contributed by atoms with Crippen molar-refractivity contribution in [3.63, 3.8) is 0 Å². The fourth-order valence-corrected chi connectivity index (χ4v) is 1.96. The molecule has 0 saturated heterocycles. The third-order valence-electron chi connectivity index (χ3n) is 3.06. The average Bonchev–Trinajstić information content (AvgIpc) is 2.53. The van der Waals surface area contributed by atoms with Gasteiger partial charge in [0.25, 0.3) is 0 Å². The van der Waals surface area contributed by atoms with Crippen LogP contribution < -0.4 is 10.1 Å². The number of benzene rings is 2. The second kappa shape index (κ2) is 7.45. The molecular formula is C17H18FNO2. The third-order valence-corrected chi connectivity index (χ3v) is 3.06. The van der Waals surface area contributed by atoms with Crippen molar-refractivity contribution < 1.29 is 14.2 Å². The van der Waals surface area contributed by atoms with Gasteiger partial charge in [-0.15, -0.1) is 0 Å². The van der Waals surface area contributed by atoms with E-state index in [9.17, 15) is 9.50 Å². The van der Waals surface area contributed by atoms with E-state index in [1.807, 2.05) is 30.4 Å². The SMILES string of the molecule is COc1ccc(NC/C=C/c2ccc(F)cc2)cc1CO. The molecule has 0 aromatic heterocycles. The van der Waals surface area contributed by atoms with Crippen LogP contribution >= 0.6 is 0 Å². The molecule has 110 valence electrons. The van der Waals surface area contributed by atoms with Crippen molar-refractivity contribution in [2.24, 2.45) is 0 Å². The highest BCUT2D eigenvalue weighted by Gasteiger charge is 2.02. The zero-order valence-electron chi connectivity index (χ0n) is 11.8. The minimum absolute atomic E-state index is 0.0654. The van der Waals surface area contributed by atoms with Crippen LogP contribution in [0.1, 0.15) is 11.1 Å². The minimum atomic E-state index is -0.236. The molecule has 0 aliphatic carbocycles. The van der Waals surface area contributed by atoms with Gasteiger partial charge in [-0.25, -0.2) is 4.39 Å². The van der Waals surface area contributed by atoms with Crippen molar-refractivity contribution in [3.8, 4) is 5.75 Å². The van der Waals surface area contributed by atoms with E-state index in [0.717, 1.165) is 16.8 Å². The Hall–Kier alpha value is -2.33. The summed E-state index contributed by atoms with van der Waals surface area (Å²) < 4.78 is 17.9. The molecule has 4 heteroatoms. The quantitative estimate of drug-likeness (QED) is 0.855. The number of aliphatic hydroxyl groups excluding tert-OH is 1. The van der Waals surface area contributed by atoms with Gasteiger partial charge in [0.2, 0.25) is 0 Å². The van der Waals surface area contributed by atoms with Crippen LogP contribution in [0.4, 0.5) is 10.1 Å². The van der Waals surface area contributed by atoms with Gasteiger partial charge in [-0.1, -0.05) is 24.3 Å². The summed E-state index contributed by atoms with van der Waals surface area (Å²) >= 11 is 0. The Bertz CT molecular complexity index is 609. The molecule has 2 aromatic carbocycles. The van der Waals surface area contributed by atoms with Gasteiger partial charge in [0.1, 0.15) is 11.6 Å². The first-order valence-electron chi connectivity index (χ1n) is 6.66. The third kappa shape index (κ3) is 4.33. The van der Waals surface area contributed by atoms with E-state index >= 15 is 0 Å². The number of nitrogens with one attached hydrogen (secondary N) is 1. The summed E-state index contributed by atoms with van der Waals surface area (Å²) in [7, 11) is 1.58. The lowest BCUT2D eigenvalue weighted by atomic mass is 10.2. The van der Waals surface area contributed by atoms with Gasteiger partial charge in [-0.2, -0.15) is 0 Å².